The zero-order chi connectivity index (χ0) is 8.72. The molecule has 0 aromatic carbocycles. The standard InChI is InChI=1S/C8H11NO3/c10-6-2-4-9-3-1-5(7(6)9)8(11)12/h1,6-7,10H,2-4H2,(H,11,12)/t6-,7-/m1/s1. The molecule has 0 saturated carbocycles. The molecule has 0 bridgehead atoms. The van der Waals surface area contributed by atoms with Gasteiger partial charge in [-0.3, -0.25) is 4.90 Å². The molecule has 2 N–H and O–H groups in total. The summed E-state index contributed by atoms with van der Waals surface area (Å²) in [5.41, 5.74) is 0.361. The maximum Gasteiger partial charge on any atom is 0.333 e. The van der Waals surface area contributed by atoms with E-state index < -0.39 is 12.1 Å². The van der Waals surface area contributed by atoms with E-state index in [1.165, 1.54) is 0 Å². The van der Waals surface area contributed by atoms with Gasteiger partial charge in [-0.1, -0.05) is 6.08 Å². The van der Waals surface area contributed by atoms with E-state index in [1.807, 2.05) is 4.90 Å². The Bertz CT molecular complexity index is 249. The Labute approximate surface area is 70.1 Å². The lowest BCUT2D eigenvalue weighted by Gasteiger charge is -2.18. The molecule has 0 amide bonds. The maximum atomic E-state index is 10.7. The third-order valence-corrected chi connectivity index (χ3v) is 2.58. The van der Waals surface area contributed by atoms with Crippen molar-refractivity contribution in [1.29, 1.82) is 0 Å². The zero-order valence-corrected chi connectivity index (χ0v) is 6.60. The summed E-state index contributed by atoms with van der Waals surface area (Å²) in [6.45, 7) is 1.47. The minimum absolute atomic E-state index is 0.248. The molecule has 0 unspecified atom stereocenters. The van der Waals surface area contributed by atoms with Crippen molar-refractivity contribution >= 4 is 5.97 Å². The van der Waals surface area contributed by atoms with Gasteiger partial charge in [-0.25, -0.2) is 4.79 Å². The molecule has 4 nitrogen and oxygen atoms in total. The van der Waals surface area contributed by atoms with Crippen LogP contribution in [0.25, 0.3) is 0 Å². The first-order chi connectivity index (χ1) is 5.70. The SMILES string of the molecule is O=C(O)C1=CCN2CC[C@@H](O)[C@@H]12. The van der Waals surface area contributed by atoms with Crippen LogP contribution in [0.3, 0.4) is 0 Å². The highest BCUT2D eigenvalue weighted by Crippen LogP contribution is 2.28. The van der Waals surface area contributed by atoms with E-state index in [9.17, 15) is 9.90 Å². The van der Waals surface area contributed by atoms with Gasteiger partial charge < -0.3 is 10.2 Å². The zero-order valence-electron chi connectivity index (χ0n) is 6.60. The fourth-order valence-electron chi connectivity index (χ4n) is 2.00. The van der Waals surface area contributed by atoms with Gasteiger partial charge in [0.2, 0.25) is 0 Å². The summed E-state index contributed by atoms with van der Waals surface area (Å²) in [7, 11) is 0. The Balaban J connectivity index is 2.22. The van der Waals surface area contributed by atoms with Crippen LogP contribution in [-0.4, -0.2) is 46.3 Å². The van der Waals surface area contributed by atoms with Crippen molar-refractivity contribution in [2.45, 2.75) is 18.6 Å². The summed E-state index contributed by atoms with van der Waals surface area (Å²) in [6, 6.07) is -0.248. The van der Waals surface area contributed by atoms with Crippen LogP contribution >= 0.6 is 0 Å². The topological polar surface area (TPSA) is 60.8 Å². The van der Waals surface area contributed by atoms with E-state index in [1.54, 1.807) is 6.08 Å². The number of carbonyl (C=O) groups is 1. The van der Waals surface area contributed by atoms with E-state index in [-0.39, 0.29) is 6.04 Å². The van der Waals surface area contributed by atoms with Gasteiger partial charge in [-0.2, -0.15) is 0 Å². The first-order valence-electron chi connectivity index (χ1n) is 4.05. The normalized spacial score (nSPS) is 34.9. The maximum absolute atomic E-state index is 10.7. The van der Waals surface area contributed by atoms with E-state index >= 15 is 0 Å². The lowest BCUT2D eigenvalue weighted by atomic mass is 10.1. The number of aliphatic carboxylic acids is 1. The van der Waals surface area contributed by atoms with Crippen LogP contribution in [0.5, 0.6) is 0 Å². The Morgan fingerprint density at radius 1 is 1.67 bits per heavy atom. The van der Waals surface area contributed by atoms with Crippen molar-refractivity contribution in [3.63, 3.8) is 0 Å². The highest BCUT2D eigenvalue weighted by Gasteiger charge is 2.40. The minimum Gasteiger partial charge on any atom is -0.478 e. The molecular weight excluding hydrogens is 158 g/mol. The molecule has 0 spiro atoms. The lowest BCUT2D eigenvalue weighted by Crippen LogP contribution is -2.34. The monoisotopic (exact) mass is 169 g/mol. The first kappa shape index (κ1) is 7.76. The van der Waals surface area contributed by atoms with Crippen molar-refractivity contribution in [1.82, 2.24) is 4.90 Å². The smallest absolute Gasteiger partial charge is 0.333 e. The molecular formula is C8H11NO3. The number of nitrogens with zero attached hydrogens (tertiary/aromatic N) is 1. The number of hydrogen-bond acceptors (Lipinski definition) is 3. The second-order valence-corrected chi connectivity index (χ2v) is 3.26. The highest BCUT2D eigenvalue weighted by atomic mass is 16.4. The van der Waals surface area contributed by atoms with Crippen LogP contribution < -0.4 is 0 Å². The highest BCUT2D eigenvalue weighted by molar-refractivity contribution is 5.89. The molecule has 4 heteroatoms. The second kappa shape index (κ2) is 2.57. The van der Waals surface area contributed by atoms with Gasteiger partial charge in [0.25, 0.3) is 0 Å². The lowest BCUT2D eigenvalue weighted by molar-refractivity contribution is -0.133. The van der Waals surface area contributed by atoms with Gasteiger partial charge in [-0.15, -0.1) is 0 Å². The molecule has 2 aliphatic heterocycles. The summed E-state index contributed by atoms with van der Waals surface area (Å²) in [5.74, 6) is -0.900. The van der Waals surface area contributed by atoms with E-state index in [2.05, 4.69) is 0 Å². The predicted octanol–water partition coefficient (Wildman–Crippen LogP) is -0.554. The van der Waals surface area contributed by atoms with Gasteiger partial charge in [0, 0.05) is 13.1 Å². The molecule has 2 rings (SSSR count). The average Bonchev–Trinajstić information content (AvgIpc) is 2.53. The van der Waals surface area contributed by atoms with Gasteiger partial charge >= 0.3 is 5.97 Å². The van der Waals surface area contributed by atoms with Crippen LogP contribution in [0.1, 0.15) is 6.42 Å². The quantitative estimate of drug-likeness (QED) is 0.552. The van der Waals surface area contributed by atoms with Gasteiger partial charge in [0.15, 0.2) is 0 Å². The summed E-state index contributed by atoms with van der Waals surface area (Å²) < 4.78 is 0. The molecule has 12 heavy (non-hydrogen) atoms. The average molecular weight is 169 g/mol. The molecule has 1 fully saturated rings. The minimum atomic E-state index is -0.900. The fraction of sp³-hybridized carbons (Fsp3) is 0.625. The Morgan fingerprint density at radius 2 is 2.42 bits per heavy atom. The van der Waals surface area contributed by atoms with Gasteiger partial charge in [0.05, 0.1) is 17.7 Å². The molecule has 1 saturated heterocycles. The third kappa shape index (κ3) is 0.956. The summed E-state index contributed by atoms with van der Waals surface area (Å²) in [5, 5.41) is 18.2. The molecule has 2 aliphatic rings. The van der Waals surface area contributed by atoms with Crippen molar-refractivity contribution in [3.8, 4) is 0 Å². The number of aliphatic hydroxyl groups excluding tert-OH is 1. The summed E-state index contributed by atoms with van der Waals surface area (Å²) in [4.78, 5) is 12.7. The predicted molar refractivity (Wildman–Crippen MR) is 41.7 cm³/mol. The van der Waals surface area contributed by atoms with Crippen molar-refractivity contribution in [2.24, 2.45) is 0 Å². The van der Waals surface area contributed by atoms with Crippen LogP contribution in [0.15, 0.2) is 11.6 Å². The second-order valence-electron chi connectivity index (χ2n) is 3.26. The van der Waals surface area contributed by atoms with Crippen LogP contribution in [0.2, 0.25) is 0 Å². The summed E-state index contributed by atoms with van der Waals surface area (Å²) in [6.07, 6.45) is 1.89. The van der Waals surface area contributed by atoms with Crippen molar-refractivity contribution in [3.05, 3.63) is 11.6 Å². The first-order valence-corrected chi connectivity index (χ1v) is 4.05. The van der Waals surface area contributed by atoms with E-state index in [0.29, 0.717) is 18.5 Å². The molecule has 0 aromatic heterocycles. The van der Waals surface area contributed by atoms with E-state index in [0.717, 1.165) is 6.54 Å². The number of rotatable bonds is 1. The fourth-order valence-corrected chi connectivity index (χ4v) is 2.00. The Morgan fingerprint density at radius 3 is 3.08 bits per heavy atom. The van der Waals surface area contributed by atoms with Crippen molar-refractivity contribution < 1.29 is 15.0 Å². The number of fused-ring (bicyclic) bond motifs is 1. The van der Waals surface area contributed by atoms with Crippen LogP contribution in [0, 0.1) is 0 Å². The van der Waals surface area contributed by atoms with Gasteiger partial charge in [0.1, 0.15) is 0 Å². The molecule has 66 valence electrons. The number of aliphatic hydroxyl groups is 1. The number of carboxylic acid groups (broad SMARTS) is 1. The molecule has 0 radical (unpaired) electrons. The Kier molecular flexibility index (Phi) is 1.66. The molecule has 0 aliphatic carbocycles. The number of hydrogen-bond donors (Lipinski definition) is 2. The van der Waals surface area contributed by atoms with Gasteiger partial charge in [-0.05, 0) is 6.42 Å². The van der Waals surface area contributed by atoms with Crippen LogP contribution in [-0.2, 0) is 4.79 Å². The largest absolute Gasteiger partial charge is 0.478 e. The molecule has 0 aromatic rings. The third-order valence-electron chi connectivity index (χ3n) is 2.58. The van der Waals surface area contributed by atoms with Crippen molar-refractivity contribution in [2.75, 3.05) is 13.1 Å². The van der Waals surface area contributed by atoms with E-state index in [4.69, 9.17) is 5.11 Å². The molecule has 2 heterocycles. The Hall–Kier alpha value is -0.870. The van der Waals surface area contributed by atoms with Crippen LogP contribution in [0.4, 0.5) is 0 Å². The summed E-state index contributed by atoms with van der Waals surface area (Å²) >= 11 is 0. The molecule has 2 atom stereocenters. The number of carboxylic acids is 1.